The van der Waals surface area contributed by atoms with Gasteiger partial charge in [0, 0.05) is 31.4 Å². The van der Waals surface area contributed by atoms with Gasteiger partial charge in [0.1, 0.15) is 5.78 Å². The van der Waals surface area contributed by atoms with Crippen LogP contribution in [0.25, 0.3) is 0 Å². The van der Waals surface area contributed by atoms with E-state index < -0.39 is 0 Å². The zero-order valence-electron chi connectivity index (χ0n) is 8.57. The number of rotatable bonds is 1. The van der Waals surface area contributed by atoms with Gasteiger partial charge < -0.3 is 0 Å². The van der Waals surface area contributed by atoms with Crippen molar-refractivity contribution in [1.82, 2.24) is 9.97 Å². The monoisotopic (exact) mass is 192 g/mol. The molecule has 0 spiro atoms. The fourth-order valence-electron chi connectivity index (χ4n) is 1.28. The van der Waals surface area contributed by atoms with E-state index in [2.05, 4.69) is 16.9 Å². The predicted molar refractivity (Wildman–Crippen MR) is 54.9 cm³/mol. The van der Waals surface area contributed by atoms with Crippen molar-refractivity contribution in [3.8, 4) is 0 Å². The van der Waals surface area contributed by atoms with Gasteiger partial charge in [-0.1, -0.05) is 6.92 Å². The predicted octanol–water partition coefficient (Wildman–Crippen LogP) is 2.17. The Morgan fingerprint density at radius 1 is 1.29 bits per heavy atom. The molecule has 1 aromatic heterocycles. The lowest BCUT2D eigenvalue weighted by Gasteiger charge is -1.88. The lowest BCUT2D eigenvalue weighted by molar-refractivity contribution is -0.117. The van der Waals surface area contributed by atoms with Crippen LogP contribution < -0.4 is 0 Å². The maximum atomic E-state index is 10.2. The van der Waals surface area contributed by atoms with Crippen molar-refractivity contribution < 1.29 is 4.79 Å². The minimum atomic E-state index is 0.454. The quantitative estimate of drug-likeness (QED) is 0.684. The molecule has 0 amide bonds. The lowest BCUT2D eigenvalue weighted by atomic mass is 10.4. The Labute approximate surface area is 84.6 Å². The van der Waals surface area contributed by atoms with Gasteiger partial charge in [0.05, 0.1) is 5.69 Å². The molecule has 0 atom stereocenters. The third-order valence-electron chi connectivity index (χ3n) is 2.14. The standard InChI is InChI=1S/C6H8N2.C5H8O/c1-2-6-5-7-3-4-8-6;6-5-3-1-2-4-5/h3-5H,2H2,1H3;1-4H2. The molecular weight excluding hydrogens is 176 g/mol. The van der Waals surface area contributed by atoms with E-state index >= 15 is 0 Å². The van der Waals surface area contributed by atoms with Crippen molar-refractivity contribution in [2.45, 2.75) is 39.0 Å². The van der Waals surface area contributed by atoms with Gasteiger partial charge in [-0.15, -0.1) is 0 Å². The highest BCUT2D eigenvalue weighted by Gasteiger charge is 2.07. The van der Waals surface area contributed by atoms with Crippen molar-refractivity contribution >= 4 is 5.78 Å². The number of hydrogen-bond acceptors (Lipinski definition) is 3. The van der Waals surface area contributed by atoms with Crippen LogP contribution in [0.3, 0.4) is 0 Å². The summed E-state index contributed by atoms with van der Waals surface area (Å²) in [6.07, 6.45) is 10.1. The van der Waals surface area contributed by atoms with Crippen LogP contribution in [0.1, 0.15) is 38.3 Å². The fourth-order valence-corrected chi connectivity index (χ4v) is 1.28. The Kier molecular flexibility index (Phi) is 4.83. The van der Waals surface area contributed by atoms with Gasteiger partial charge >= 0.3 is 0 Å². The Morgan fingerprint density at radius 2 is 2.00 bits per heavy atom. The molecule has 0 radical (unpaired) electrons. The smallest absolute Gasteiger partial charge is 0.132 e. The van der Waals surface area contributed by atoms with E-state index in [-0.39, 0.29) is 0 Å². The van der Waals surface area contributed by atoms with Crippen molar-refractivity contribution in [2.24, 2.45) is 0 Å². The molecule has 0 bridgehead atoms. The molecular formula is C11H16N2O. The normalized spacial score (nSPS) is 14.8. The van der Waals surface area contributed by atoms with E-state index in [9.17, 15) is 4.79 Å². The number of ketones is 1. The van der Waals surface area contributed by atoms with Crippen LogP contribution in [0.15, 0.2) is 18.6 Å². The summed E-state index contributed by atoms with van der Waals surface area (Å²) in [6, 6.07) is 0. The average Bonchev–Trinajstić information content (AvgIpc) is 2.71. The van der Waals surface area contributed by atoms with Crippen molar-refractivity contribution in [2.75, 3.05) is 0 Å². The van der Waals surface area contributed by atoms with Crippen LogP contribution in [0, 0.1) is 0 Å². The number of carbonyl (C=O) groups is 1. The molecule has 1 aliphatic rings. The molecule has 0 aliphatic heterocycles. The van der Waals surface area contributed by atoms with Crippen LogP contribution in [0.2, 0.25) is 0 Å². The highest BCUT2D eigenvalue weighted by atomic mass is 16.1. The Balaban J connectivity index is 0.000000146. The molecule has 0 aromatic carbocycles. The second-order valence-corrected chi connectivity index (χ2v) is 3.30. The van der Waals surface area contributed by atoms with E-state index in [0.717, 1.165) is 37.8 Å². The second kappa shape index (κ2) is 6.24. The third-order valence-corrected chi connectivity index (χ3v) is 2.14. The van der Waals surface area contributed by atoms with Gasteiger partial charge in [-0.25, -0.2) is 0 Å². The summed E-state index contributed by atoms with van der Waals surface area (Å²) in [6.45, 7) is 2.06. The van der Waals surface area contributed by atoms with Gasteiger partial charge in [0.15, 0.2) is 0 Å². The zero-order valence-corrected chi connectivity index (χ0v) is 8.57. The number of hydrogen-bond donors (Lipinski definition) is 0. The topological polar surface area (TPSA) is 42.9 Å². The van der Waals surface area contributed by atoms with E-state index in [0.29, 0.717) is 5.78 Å². The highest BCUT2D eigenvalue weighted by molar-refractivity contribution is 5.79. The van der Waals surface area contributed by atoms with E-state index in [4.69, 9.17) is 0 Å². The number of Topliss-reactive ketones (excluding diaryl/α,β-unsaturated/α-hetero) is 1. The van der Waals surface area contributed by atoms with Crippen LogP contribution >= 0.6 is 0 Å². The van der Waals surface area contributed by atoms with E-state index in [1.165, 1.54) is 0 Å². The summed E-state index contributed by atoms with van der Waals surface area (Å²) in [7, 11) is 0. The molecule has 14 heavy (non-hydrogen) atoms. The van der Waals surface area contributed by atoms with Crippen molar-refractivity contribution in [1.29, 1.82) is 0 Å². The zero-order chi connectivity index (χ0) is 10.2. The number of aryl methyl sites for hydroxylation is 1. The Bertz CT molecular complexity index is 264. The van der Waals surface area contributed by atoms with Crippen LogP contribution in [-0.4, -0.2) is 15.8 Å². The SMILES string of the molecule is CCc1cnccn1.O=C1CCCC1. The van der Waals surface area contributed by atoms with Gasteiger partial charge in [-0.3, -0.25) is 14.8 Å². The fraction of sp³-hybridized carbons (Fsp3) is 0.545. The summed E-state index contributed by atoms with van der Waals surface area (Å²) < 4.78 is 0. The van der Waals surface area contributed by atoms with Crippen LogP contribution in [0.5, 0.6) is 0 Å². The first kappa shape index (κ1) is 10.8. The molecule has 1 saturated carbocycles. The third kappa shape index (κ3) is 4.12. The number of aromatic nitrogens is 2. The summed E-state index contributed by atoms with van der Waals surface area (Å²) in [4.78, 5) is 18.2. The molecule has 1 heterocycles. The maximum Gasteiger partial charge on any atom is 0.132 e. The first-order valence-electron chi connectivity index (χ1n) is 5.09. The molecule has 1 aromatic rings. The summed E-state index contributed by atoms with van der Waals surface area (Å²) in [5.74, 6) is 0.454. The second-order valence-electron chi connectivity index (χ2n) is 3.30. The maximum absolute atomic E-state index is 10.2. The molecule has 1 fully saturated rings. The van der Waals surface area contributed by atoms with Crippen molar-refractivity contribution in [3.63, 3.8) is 0 Å². The van der Waals surface area contributed by atoms with E-state index in [1.807, 2.05) is 0 Å². The van der Waals surface area contributed by atoms with Crippen molar-refractivity contribution in [3.05, 3.63) is 24.3 Å². The minimum Gasteiger partial charge on any atom is -0.300 e. The molecule has 0 N–H and O–H groups in total. The molecule has 76 valence electrons. The first-order valence-corrected chi connectivity index (χ1v) is 5.09. The molecule has 0 unspecified atom stereocenters. The van der Waals surface area contributed by atoms with Gasteiger partial charge in [-0.05, 0) is 19.3 Å². The first-order chi connectivity index (χ1) is 6.83. The summed E-state index contributed by atoms with van der Waals surface area (Å²) in [5, 5.41) is 0. The average molecular weight is 192 g/mol. The van der Waals surface area contributed by atoms with Gasteiger partial charge in [0.2, 0.25) is 0 Å². The number of nitrogens with zero attached hydrogens (tertiary/aromatic N) is 2. The van der Waals surface area contributed by atoms with Gasteiger partial charge in [-0.2, -0.15) is 0 Å². The highest BCUT2D eigenvalue weighted by Crippen LogP contribution is 2.11. The molecule has 3 nitrogen and oxygen atoms in total. The summed E-state index contributed by atoms with van der Waals surface area (Å²) in [5.41, 5.74) is 1.05. The Morgan fingerprint density at radius 3 is 2.29 bits per heavy atom. The number of carbonyl (C=O) groups excluding carboxylic acids is 1. The largest absolute Gasteiger partial charge is 0.300 e. The summed E-state index contributed by atoms with van der Waals surface area (Å²) >= 11 is 0. The Hall–Kier alpha value is -1.25. The van der Waals surface area contributed by atoms with E-state index in [1.54, 1.807) is 18.6 Å². The van der Waals surface area contributed by atoms with Gasteiger partial charge in [0.25, 0.3) is 0 Å². The molecule has 3 heteroatoms. The molecule has 0 saturated heterocycles. The van der Waals surface area contributed by atoms with Crippen LogP contribution in [0.4, 0.5) is 0 Å². The van der Waals surface area contributed by atoms with Crippen LogP contribution in [-0.2, 0) is 11.2 Å². The minimum absolute atomic E-state index is 0.454. The molecule has 1 aliphatic carbocycles. The lowest BCUT2D eigenvalue weighted by Crippen LogP contribution is -1.84. The molecule has 2 rings (SSSR count).